The van der Waals surface area contributed by atoms with Crippen molar-refractivity contribution in [3.8, 4) is 0 Å². The van der Waals surface area contributed by atoms with Crippen LogP contribution in [0.3, 0.4) is 0 Å². The molecule has 0 saturated carbocycles. The maximum Gasteiger partial charge on any atom is 0.258 e. The second kappa shape index (κ2) is 4.26. The predicted octanol–water partition coefficient (Wildman–Crippen LogP) is 2.59. The smallest absolute Gasteiger partial charge is 0.258 e. The Kier molecular flexibility index (Phi) is 2.59. The van der Waals surface area contributed by atoms with Gasteiger partial charge in [0.1, 0.15) is 0 Å². The van der Waals surface area contributed by atoms with Crippen molar-refractivity contribution in [2.24, 2.45) is 0 Å². The molecule has 2 heterocycles. The molecule has 0 N–H and O–H groups in total. The van der Waals surface area contributed by atoms with Crippen molar-refractivity contribution in [2.75, 3.05) is 11.4 Å². The molecule has 3 heteroatoms. The fraction of sp³-hybridized carbons (Fsp3) is 0.200. The van der Waals surface area contributed by atoms with Gasteiger partial charge in [-0.15, -0.1) is 0 Å². The number of aromatic nitrogens is 1. The third kappa shape index (κ3) is 1.68. The van der Waals surface area contributed by atoms with E-state index in [0.29, 0.717) is 0 Å². The van der Waals surface area contributed by atoms with Crippen LogP contribution in [0.15, 0.2) is 42.6 Å². The molecule has 0 atom stereocenters. The highest BCUT2D eigenvalue weighted by Crippen LogP contribution is 2.30. The zero-order valence-corrected chi connectivity index (χ0v) is 10.3. The van der Waals surface area contributed by atoms with E-state index in [1.54, 1.807) is 0 Å². The van der Waals surface area contributed by atoms with Crippen molar-refractivity contribution in [3.05, 3.63) is 59.4 Å². The van der Waals surface area contributed by atoms with Crippen LogP contribution < -0.4 is 4.90 Å². The molecule has 18 heavy (non-hydrogen) atoms. The first-order valence-corrected chi connectivity index (χ1v) is 6.09. The quantitative estimate of drug-likeness (QED) is 0.765. The average molecular weight is 238 g/mol. The molecule has 3 rings (SSSR count). The van der Waals surface area contributed by atoms with Crippen LogP contribution in [0.1, 0.15) is 21.6 Å². The van der Waals surface area contributed by atoms with Gasteiger partial charge in [0, 0.05) is 24.7 Å². The summed E-state index contributed by atoms with van der Waals surface area (Å²) in [4.78, 5) is 18.7. The summed E-state index contributed by atoms with van der Waals surface area (Å²) in [5, 5.41) is 0. The Morgan fingerprint density at radius 3 is 2.78 bits per heavy atom. The zero-order valence-electron chi connectivity index (χ0n) is 10.3. The fourth-order valence-corrected chi connectivity index (χ4v) is 2.43. The van der Waals surface area contributed by atoms with E-state index in [0.717, 1.165) is 35.5 Å². The molecule has 0 spiro atoms. The second-order valence-corrected chi connectivity index (χ2v) is 4.50. The normalized spacial score (nSPS) is 13.5. The monoisotopic (exact) mass is 238 g/mol. The SMILES string of the molecule is Cc1ccnc2c1N(C(=O)c1ccccc1)CC2. The Hall–Kier alpha value is -2.16. The van der Waals surface area contributed by atoms with Gasteiger partial charge in [0.15, 0.2) is 0 Å². The second-order valence-electron chi connectivity index (χ2n) is 4.50. The Labute approximate surface area is 106 Å². The molecule has 0 radical (unpaired) electrons. The molecule has 0 fully saturated rings. The first-order valence-electron chi connectivity index (χ1n) is 6.09. The summed E-state index contributed by atoms with van der Waals surface area (Å²) in [6, 6.07) is 11.4. The Balaban J connectivity index is 2.00. The third-order valence-electron chi connectivity index (χ3n) is 3.31. The maximum absolute atomic E-state index is 12.5. The van der Waals surface area contributed by atoms with Crippen molar-refractivity contribution in [3.63, 3.8) is 0 Å². The number of pyridine rings is 1. The lowest BCUT2D eigenvalue weighted by molar-refractivity contribution is 0.0989. The Morgan fingerprint density at radius 2 is 2.00 bits per heavy atom. The first kappa shape index (κ1) is 11.0. The van der Waals surface area contributed by atoms with Gasteiger partial charge in [0.2, 0.25) is 0 Å². The van der Waals surface area contributed by atoms with Crippen LogP contribution in [0, 0.1) is 6.92 Å². The van der Waals surface area contributed by atoms with Gasteiger partial charge in [0.25, 0.3) is 5.91 Å². The molecule has 0 saturated heterocycles. The standard InChI is InChI=1S/C15H14N2O/c1-11-7-9-16-13-8-10-17(14(11)13)15(18)12-5-3-2-4-6-12/h2-7,9H,8,10H2,1H3. The molecular formula is C15H14N2O. The molecule has 1 aliphatic heterocycles. The number of amides is 1. The summed E-state index contributed by atoms with van der Waals surface area (Å²) < 4.78 is 0. The molecule has 0 aliphatic carbocycles. The summed E-state index contributed by atoms with van der Waals surface area (Å²) in [5.74, 6) is 0.0606. The average Bonchev–Trinajstić information content (AvgIpc) is 2.84. The number of benzene rings is 1. The minimum Gasteiger partial charge on any atom is -0.306 e. The topological polar surface area (TPSA) is 33.2 Å². The highest BCUT2D eigenvalue weighted by molar-refractivity contribution is 6.07. The van der Waals surface area contributed by atoms with Gasteiger partial charge >= 0.3 is 0 Å². The van der Waals surface area contributed by atoms with Crippen LogP contribution in [0.2, 0.25) is 0 Å². The maximum atomic E-state index is 12.5. The molecule has 1 amide bonds. The summed E-state index contributed by atoms with van der Waals surface area (Å²) >= 11 is 0. The van der Waals surface area contributed by atoms with Gasteiger partial charge in [-0.2, -0.15) is 0 Å². The van der Waals surface area contributed by atoms with E-state index in [-0.39, 0.29) is 5.91 Å². The van der Waals surface area contributed by atoms with Gasteiger partial charge in [0.05, 0.1) is 11.4 Å². The van der Waals surface area contributed by atoms with E-state index < -0.39 is 0 Å². The number of hydrogen-bond donors (Lipinski definition) is 0. The lowest BCUT2D eigenvalue weighted by atomic mass is 10.1. The molecule has 2 aromatic rings. The number of anilines is 1. The van der Waals surface area contributed by atoms with Crippen molar-refractivity contribution >= 4 is 11.6 Å². The van der Waals surface area contributed by atoms with Crippen molar-refractivity contribution < 1.29 is 4.79 Å². The van der Waals surface area contributed by atoms with E-state index in [9.17, 15) is 4.79 Å². The van der Waals surface area contributed by atoms with Gasteiger partial charge in [-0.05, 0) is 30.7 Å². The van der Waals surface area contributed by atoms with Crippen molar-refractivity contribution in [2.45, 2.75) is 13.3 Å². The van der Waals surface area contributed by atoms with E-state index >= 15 is 0 Å². The van der Waals surface area contributed by atoms with E-state index in [4.69, 9.17) is 0 Å². The molecule has 1 aromatic heterocycles. The van der Waals surface area contributed by atoms with E-state index in [1.165, 1.54) is 0 Å². The number of aryl methyl sites for hydroxylation is 1. The minimum absolute atomic E-state index is 0.0606. The highest BCUT2D eigenvalue weighted by Gasteiger charge is 2.27. The predicted molar refractivity (Wildman–Crippen MR) is 70.8 cm³/mol. The van der Waals surface area contributed by atoms with E-state index in [2.05, 4.69) is 4.98 Å². The van der Waals surface area contributed by atoms with Crippen LogP contribution in [-0.2, 0) is 6.42 Å². The number of hydrogen-bond acceptors (Lipinski definition) is 2. The number of carbonyl (C=O) groups excluding carboxylic acids is 1. The molecule has 0 bridgehead atoms. The first-order chi connectivity index (χ1) is 8.77. The van der Waals surface area contributed by atoms with E-state index in [1.807, 2.05) is 54.4 Å². The largest absolute Gasteiger partial charge is 0.306 e. The summed E-state index contributed by atoms with van der Waals surface area (Å²) in [6.45, 7) is 2.75. The van der Waals surface area contributed by atoms with Crippen LogP contribution >= 0.6 is 0 Å². The zero-order chi connectivity index (χ0) is 12.5. The van der Waals surface area contributed by atoms with Crippen LogP contribution in [-0.4, -0.2) is 17.4 Å². The lowest BCUT2D eigenvalue weighted by Gasteiger charge is -2.18. The molecule has 3 nitrogen and oxygen atoms in total. The Bertz CT molecular complexity index is 593. The highest BCUT2D eigenvalue weighted by atomic mass is 16.2. The van der Waals surface area contributed by atoms with Crippen LogP contribution in [0.4, 0.5) is 5.69 Å². The molecular weight excluding hydrogens is 224 g/mol. The van der Waals surface area contributed by atoms with Gasteiger partial charge in [-0.25, -0.2) is 0 Å². The van der Waals surface area contributed by atoms with Gasteiger partial charge in [-0.3, -0.25) is 9.78 Å². The molecule has 1 aliphatic rings. The van der Waals surface area contributed by atoms with Crippen LogP contribution in [0.25, 0.3) is 0 Å². The molecule has 1 aromatic carbocycles. The van der Waals surface area contributed by atoms with Crippen LogP contribution in [0.5, 0.6) is 0 Å². The molecule has 0 unspecified atom stereocenters. The summed E-state index contributed by atoms with van der Waals surface area (Å²) in [5.41, 5.74) is 3.86. The number of rotatable bonds is 1. The number of nitrogens with zero attached hydrogens (tertiary/aromatic N) is 2. The lowest BCUT2D eigenvalue weighted by Crippen LogP contribution is -2.29. The van der Waals surface area contributed by atoms with Gasteiger partial charge < -0.3 is 4.90 Å². The van der Waals surface area contributed by atoms with Crippen molar-refractivity contribution in [1.82, 2.24) is 4.98 Å². The van der Waals surface area contributed by atoms with Crippen molar-refractivity contribution in [1.29, 1.82) is 0 Å². The molecule has 90 valence electrons. The summed E-state index contributed by atoms with van der Waals surface area (Å²) in [7, 11) is 0. The van der Waals surface area contributed by atoms with Gasteiger partial charge in [-0.1, -0.05) is 18.2 Å². The third-order valence-corrected chi connectivity index (χ3v) is 3.31. The number of fused-ring (bicyclic) bond motifs is 1. The minimum atomic E-state index is 0.0606. The fourth-order valence-electron chi connectivity index (χ4n) is 2.43. The number of carbonyl (C=O) groups is 1. The Morgan fingerprint density at radius 1 is 1.22 bits per heavy atom. The summed E-state index contributed by atoms with van der Waals surface area (Å²) in [6.07, 6.45) is 2.65.